The highest BCUT2D eigenvalue weighted by atomic mass is 16.6. The van der Waals surface area contributed by atoms with Crippen LogP contribution in [0.1, 0.15) is 28.5 Å². The number of carbonyl (C=O) groups excluding carboxylic acids is 1. The third-order valence-corrected chi connectivity index (χ3v) is 2.93. The van der Waals surface area contributed by atoms with Gasteiger partial charge in [-0.3, -0.25) is 20.6 Å². The number of nitrogens with one attached hydrogen (secondary N) is 2. The van der Waals surface area contributed by atoms with Gasteiger partial charge >= 0.3 is 5.97 Å². The number of esters is 1. The van der Waals surface area contributed by atoms with Gasteiger partial charge in [0.1, 0.15) is 5.56 Å². The first-order chi connectivity index (χ1) is 11.0. The zero-order valence-electron chi connectivity index (χ0n) is 12.6. The molecule has 0 aliphatic heterocycles. The number of hydrogen-bond donors (Lipinski definition) is 2. The third-order valence-electron chi connectivity index (χ3n) is 2.93. The van der Waals surface area contributed by atoms with Crippen LogP contribution in [-0.4, -0.2) is 33.9 Å². The Bertz CT molecular complexity index is 753. The molecule has 0 saturated heterocycles. The Kier molecular flexibility index (Phi) is 5.03. The van der Waals surface area contributed by atoms with Crippen molar-refractivity contribution in [3.05, 3.63) is 51.2 Å². The van der Waals surface area contributed by atoms with Crippen LogP contribution in [0.25, 0.3) is 0 Å². The molecule has 0 saturated carbocycles. The van der Waals surface area contributed by atoms with Gasteiger partial charge < -0.3 is 4.74 Å². The minimum atomic E-state index is -0.526. The molecule has 120 valence electrons. The maximum atomic E-state index is 11.9. The average Bonchev–Trinajstić information content (AvgIpc) is 2.89. The summed E-state index contributed by atoms with van der Waals surface area (Å²) in [6.07, 6.45) is 1.29. The van der Waals surface area contributed by atoms with Crippen molar-refractivity contribution in [2.45, 2.75) is 13.8 Å². The lowest BCUT2D eigenvalue weighted by molar-refractivity contribution is -0.385. The van der Waals surface area contributed by atoms with Gasteiger partial charge in [0.2, 0.25) is 0 Å². The Morgan fingerprint density at radius 2 is 2.26 bits per heavy atom. The maximum Gasteiger partial charge on any atom is 0.343 e. The first-order valence-corrected chi connectivity index (χ1v) is 6.79. The summed E-state index contributed by atoms with van der Waals surface area (Å²) >= 11 is 0. The smallest absolute Gasteiger partial charge is 0.343 e. The number of nitro benzene ring substituents is 1. The molecule has 2 N–H and O–H groups in total. The van der Waals surface area contributed by atoms with Gasteiger partial charge in [0.05, 0.1) is 23.3 Å². The summed E-state index contributed by atoms with van der Waals surface area (Å²) in [7, 11) is 0. The number of hydrogen-bond acceptors (Lipinski definition) is 7. The number of carbonyl (C=O) groups is 1. The summed E-state index contributed by atoms with van der Waals surface area (Å²) in [6, 6.07) is 6.17. The molecule has 9 heteroatoms. The molecule has 0 fully saturated rings. The number of benzene rings is 1. The predicted octanol–water partition coefficient (Wildman–Crippen LogP) is 2.25. The standard InChI is InChI=1S/C14H15N5O4/c1-3-23-14(20)12-9(2)16-18-13(12)17-15-8-10-6-4-5-7-11(10)19(21)22/h4-8H,3H2,1-2H3,(H2,16,17,18). The van der Waals surface area contributed by atoms with E-state index in [1.165, 1.54) is 12.3 Å². The molecule has 1 aromatic heterocycles. The SMILES string of the molecule is CCOC(=O)c1c(NN=Cc2ccccc2[N+](=O)[O-])n[nH]c1C. The zero-order chi connectivity index (χ0) is 16.8. The number of nitrogens with zero attached hydrogens (tertiary/aromatic N) is 3. The van der Waals surface area contributed by atoms with Gasteiger partial charge in [-0.25, -0.2) is 4.79 Å². The van der Waals surface area contributed by atoms with Crippen LogP contribution in [0, 0.1) is 17.0 Å². The Morgan fingerprint density at radius 1 is 1.52 bits per heavy atom. The fourth-order valence-electron chi connectivity index (χ4n) is 1.89. The monoisotopic (exact) mass is 317 g/mol. The quantitative estimate of drug-likeness (QED) is 0.364. The second-order valence-corrected chi connectivity index (χ2v) is 4.48. The molecule has 9 nitrogen and oxygen atoms in total. The van der Waals surface area contributed by atoms with Crippen molar-refractivity contribution in [1.29, 1.82) is 0 Å². The molecule has 0 amide bonds. The number of para-hydroxylation sites is 1. The second kappa shape index (κ2) is 7.16. The fourth-order valence-corrected chi connectivity index (χ4v) is 1.89. The lowest BCUT2D eigenvalue weighted by Gasteiger charge is -2.02. The molecule has 23 heavy (non-hydrogen) atoms. The highest BCUT2D eigenvalue weighted by Gasteiger charge is 2.19. The van der Waals surface area contributed by atoms with Crippen molar-refractivity contribution in [1.82, 2.24) is 10.2 Å². The third kappa shape index (κ3) is 3.70. The van der Waals surface area contributed by atoms with Crippen LogP contribution < -0.4 is 5.43 Å². The van der Waals surface area contributed by atoms with E-state index < -0.39 is 10.9 Å². The summed E-state index contributed by atoms with van der Waals surface area (Å²) in [6.45, 7) is 3.62. The van der Waals surface area contributed by atoms with Crippen LogP contribution in [0.4, 0.5) is 11.5 Å². The molecule has 0 bridgehead atoms. The molecule has 2 aromatic rings. The number of H-pyrrole nitrogens is 1. The molecule has 1 aromatic carbocycles. The number of aromatic amines is 1. The van der Waals surface area contributed by atoms with Crippen LogP contribution in [0.15, 0.2) is 29.4 Å². The number of nitro groups is 1. The molecule has 2 rings (SSSR count). The fraction of sp³-hybridized carbons (Fsp3) is 0.214. The van der Waals surface area contributed by atoms with Crippen molar-refractivity contribution < 1.29 is 14.5 Å². The van der Waals surface area contributed by atoms with Gasteiger partial charge in [-0.05, 0) is 19.9 Å². The van der Waals surface area contributed by atoms with Crippen LogP contribution in [0.5, 0.6) is 0 Å². The Morgan fingerprint density at radius 3 is 2.96 bits per heavy atom. The summed E-state index contributed by atoms with van der Waals surface area (Å²) in [5.41, 5.74) is 3.63. The zero-order valence-corrected chi connectivity index (χ0v) is 12.6. The van der Waals surface area contributed by atoms with E-state index in [-0.39, 0.29) is 23.7 Å². The topological polar surface area (TPSA) is 123 Å². The van der Waals surface area contributed by atoms with Gasteiger partial charge in [0.15, 0.2) is 5.82 Å². The average molecular weight is 317 g/mol. The minimum Gasteiger partial charge on any atom is -0.462 e. The molecular weight excluding hydrogens is 302 g/mol. The van der Waals surface area contributed by atoms with E-state index in [2.05, 4.69) is 20.7 Å². The number of anilines is 1. The van der Waals surface area contributed by atoms with Crippen LogP contribution in [0.2, 0.25) is 0 Å². The van der Waals surface area contributed by atoms with Crippen molar-refractivity contribution in [3.8, 4) is 0 Å². The van der Waals surface area contributed by atoms with Gasteiger partial charge in [0.25, 0.3) is 5.69 Å². The number of aromatic nitrogens is 2. The second-order valence-electron chi connectivity index (χ2n) is 4.48. The highest BCUT2D eigenvalue weighted by Crippen LogP contribution is 2.18. The van der Waals surface area contributed by atoms with E-state index in [4.69, 9.17) is 4.74 Å². The van der Waals surface area contributed by atoms with E-state index in [0.29, 0.717) is 11.3 Å². The van der Waals surface area contributed by atoms with Crippen molar-refractivity contribution in [2.75, 3.05) is 12.0 Å². The maximum absolute atomic E-state index is 11.9. The first-order valence-electron chi connectivity index (χ1n) is 6.79. The van der Waals surface area contributed by atoms with E-state index in [1.54, 1.807) is 32.0 Å². The summed E-state index contributed by atoms with van der Waals surface area (Å²) < 4.78 is 4.94. The number of hydrazone groups is 1. The molecule has 0 radical (unpaired) electrons. The predicted molar refractivity (Wildman–Crippen MR) is 83.6 cm³/mol. The molecule has 1 heterocycles. The van der Waals surface area contributed by atoms with Crippen molar-refractivity contribution >= 4 is 23.7 Å². The number of aryl methyl sites for hydroxylation is 1. The molecule has 0 aliphatic carbocycles. The van der Waals surface area contributed by atoms with E-state index in [0.717, 1.165) is 0 Å². The number of rotatable bonds is 6. The Balaban J connectivity index is 2.19. The van der Waals surface area contributed by atoms with E-state index in [9.17, 15) is 14.9 Å². The van der Waals surface area contributed by atoms with Gasteiger partial charge in [0, 0.05) is 11.8 Å². The largest absolute Gasteiger partial charge is 0.462 e. The lowest BCUT2D eigenvalue weighted by atomic mass is 10.2. The first kappa shape index (κ1) is 16.1. The van der Waals surface area contributed by atoms with Crippen molar-refractivity contribution in [2.24, 2.45) is 5.10 Å². The summed E-state index contributed by atoms with van der Waals surface area (Å²) in [4.78, 5) is 22.3. The van der Waals surface area contributed by atoms with E-state index in [1.807, 2.05) is 0 Å². The molecule has 0 aliphatic rings. The highest BCUT2D eigenvalue weighted by molar-refractivity contribution is 5.96. The van der Waals surface area contributed by atoms with Crippen LogP contribution >= 0.6 is 0 Å². The van der Waals surface area contributed by atoms with Gasteiger partial charge in [-0.2, -0.15) is 10.2 Å². The molecule has 0 unspecified atom stereocenters. The Hall–Kier alpha value is -3.23. The molecule has 0 atom stereocenters. The van der Waals surface area contributed by atoms with Crippen LogP contribution in [-0.2, 0) is 4.74 Å². The normalized spacial score (nSPS) is 10.7. The summed E-state index contributed by atoms with van der Waals surface area (Å²) in [5, 5.41) is 21.4. The lowest BCUT2D eigenvalue weighted by Crippen LogP contribution is -2.08. The minimum absolute atomic E-state index is 0.0677. The van der Waals surface area contributed by atoms with E-state index >= 15 is 0 Å². The van der Waals surface area contributed by atoms with Gasteiger partial charge in [-0.15, -0.1) is 0 Å². The Labute approximate surface area is 131 Å². The molecular formula is C14H15N5O4. The van der Waals surface area contributed by atoms with Crippen molar-refractivity contribution in [3.63, 3.8) is 0 Å². The molecule has 0 spiro atoms. The number of ether oxygens (including phenoxy) is 1. The van der Waals surface area contributed by atoms with Crippen LogP contribution in [0.3, 0.4) is 0 Å². The summed E-state index contributed by atoms with van der Waals surface area (Å²) in [5.74, 6) is -0.335. The van der Waals surface area contributed by atoms with Gasteiger partial charge in [-0.1, -0.05) is 12.1 Å².